The van der Waals surface area contributed by atoms with Crippen LogP contribution in [0, 0.1) is 0 Å². The Morgan fingerprint density at radius 3 is 1.50 bits per heavy atom. The molecule has 0 aromatic carbocycles. The molecule has 0 unspecified atom stereocenters. The molecular formula is C4H13CaO2P. The van der Waals surface area contributed by atoms with E-state index in [0.29, 0.717) is 0 Å². The average Bonchev–Trinajstić information content (AvgIpc) is 1.69. The predicted octanol–water partition coefficient (Wildman–Crippen LogP) is 1.08. The van der Waals surface area contributed by atoms with Crippen LogP contribution in [0.15, 0.2) is 0 Å². The van der Waals surface area contributed by atoms with Gasteiger partial charge in [-0.05, 0) is 0 Å². The molecule has 4 heteroatoms. The molecule has 0 heterocycles. The molecule has 1 N–H and O–H groups in total. The molecule has 0 rings (SSSR count). The molecule has 0 spiro atoms. The first kappa shape index (κ1) is 16.2. The van der Waals surface area contributed by atoms with E-state index in [2.05, 4.69) is 13.8 Å². The summed E-state index contributed by atoms with van der Waals surface area (Å²) < 4.78 is 8.46. The van der Waals surface area contributed by atoms with Crippen LogP contribution in [-0.4, -0.2) is 42.6 Å². The van der Waals surface area contributed by atoms with Gasteiger partial charge >= 0.3 is 46.4 Å². The van der Waals surface area contributed by atoms with Crippen molar-refractivity contribution in [3.8, 4) is 0 Å². The molecule has 0 radical (unpaired) electrons. The molecule has 0 aliphatic heterocycles. The second-order valence-corrected chi connectivity index (χ2v) is 1.24. The van der Waals surface area contributed by atoms with Crippen LogP contribution in [0.25, 0.3) is 0 Å². The Hall–Kier alpha value is 1.32. The van der Waals surface area contributed by atoms with Gasteiger partial charge in [0.1, 0.15) is 0 Å². The SMILES string of the molecule is CCCC.O=PO.[CaH2]. The number of hydrogen-bond acceptors (Lipinski definition) is 1. The van der Waals surface area contributed by atoms with Crippen LogP contribution in [0.1, 0.15) is 26.7 Å². The molecule has 0 amide bonds. The molecule has 0 aliphatic rings. The fraction of sp³-hybridized carbons (Fsp3) is 1.00. The quantitative estimate of drug-likeness (QED) is 0.465. The Labute approximate surface area is 82.0 Å². The number of hydrogen-bond donors (Lipinski definition) is 1. The third kappa shape index (κ3) is 54.3. The van der Waals surface area contributed by atoms with E-state index in [1.807, 2.05) is 0 Å². The maximum atomic E-state index is 8.46. The summed E-state index contributed by atoms with van der Waals surface area (Å²) in [5, 5.41) is 0. The monoisotopic (exact) mass is 164 g/mol. The van der Waals surface area contributed by atoms with Gasteiger partial charge in [-0.25, -0.2) is 4.57 Å². The van der Waals surface area contributed by atoms with Crippen molar-refractivity contribution in [1.82, 2.24) is 0 Å². The van der Waals surface area contributed by atoms with Crippen molar-refractivity contribution >= 4 is 46.4 Å². The molecule has 0 saturated carbocycles. The van der Waals surface area contributed by atoms with Gasteiger partial charge in [-0.1, -0.05) is 26.7 Å². The van der Waals surface area contributed by atoms with Gasteiger partial charge in [0, 0.05) is 0 Å². The normalized spacial score (nSPS) is 6.38. The molecule has 8 heavy (non-hydrogen) atoms. The van der Waals surface area contributed by atoms with E-state index in [1.54, 1.807) is 0 Å². The van der Waals surface area contributed by atoms with Gasteiger partial charge in [-0.2, -0.15) is 0 Å². The molecule has 48 valence electrons. The van der Waals surface area contributed by atoms with Gasteiger partial charge in [-0.3, -0.25) is 0 Å². The zero-order chi connectivity index (χ0) is 6.12. The Morgan fingerprint density at radius 1 is 1.38 bits per heavy atom. The molecular weight excluding hydrogens is 151 g/mol. The van der Waals surface area contributed by atoms with Crippen LogP contribution < -0.4 is 0 Å². The van der Waals surface area contributed by atoms with Gasteiger partial charge in [0.25, 0.3) is 0 Å². The molecule has 0 bridgehead atoms. The van der Waals surface area contributed by atoms with Crippen LogP contribution >= 0.6 is 8.69 Å². The molecule has 2 nitrogen and oxygen atoms in total. The molecule has 0 aromatic heterocycles. The van der Waals surface area contributed by atoms with Crippen molar-refractivity contribution in [2.75, 3.05) is 0 Å². The van der Waals surface area contributed by atoms with E-state index < -0.39 is 8.69 Å². The molecule has 0 aliphatic carbocycles. The van der Waals surface area contributed by atoms with Gasteiger partial charge in [0.05, 0.1) is 0 Å². The zero-order valence-corrected chi connectivity index (χ0v) is 5.61. The Balaban J connectivity index is -0.0000000575. The number of rotatable bonds is 1. The third-order valence-corrected chi connectivity index (χ3v) is 0.500. The third-order valence-electron chi connectivity index (χ3n) is 0.500. The Morgan fingerprint density at radius 2 is 1.50 bits per heavy atom. The Bertz CT molecular complexity index is 33.2. The van der Waals surface area contributed by atoms with Gasteiger partial charge in [0.2, 0.25) is 0 Å². The molecule has 0 atom stereocenters. The van der Waals surface area contributed by atoms with E-state index in [1.165, 1.54) is 12.8 Å². The second-order valence-electron chi connectivity index (χ2n) is 1.08. The molecule has 0 saturated heterocycles. The van der Waals surface area contributed by atoms with E-state index in [0.717, 1.165) is 0 Å². The fourth-order valence-electron chi connectivity index (χ4n) is 0. The fourth-order valence-corrected chi connectivity index (χ4v) is 0. The molecule has 0 aromatic rings. The topological polar surface area (TPSA) is 37.3 Å². The Kier molecular flexibility index (Phi) is 48.2. The summed E-state index contributed by atoms with van der Waals surface area (Å²) >= 11 is 0. The van der Waals surface area contributed by atoms with Crippen LogP contribution in [0.5, 0.6) is 0 Å². The van der Waals surface area contributed by atoms with Crippen molar-refractivity contribution in [2.24, 2.45) is 0 Å². The van der Waals surface area contributed by atoms with Crippen LogP contribution in [0.2, 0.25) is 0 Å². The first-order valence-corrected chi connectivity index (χ1v) is 3.06. The second kappa shape index (κ2) is 23.9. The minimum absolute atomic E-state index is 0. The summed E-state index contributed by atoms with van der Waals surface area (Å²) in [4.78, 5) is 6.99. The summed E-state index contributed by atoms with van der Waals surface area (Å²) in [7, 11) is -0.833. The standard InChI is InChI=1S/C4H10.Ca.HO2P.2H/c1-3-4-2;;1-3-2;;/h3-4H2,1-2H3;;(H,1,2);;. The summed E-state index contributed by atoms with van der Waals surface area (Å²) in [6.07, 6.45) is 2.64. The van der Waals surface area contributed by atoms with Crippen molar-refractivity contribution in [2.45, 2.75) is 26.7 Å². The molecule has 0 fully saturated rings. The maximum absolute atomic E-state index is 8.46. The zero-order valence-electron chi connectivity index (χ0n) is 4.72. The van der Waals surface area contributed by atoms with Crippen LogP contribution in [0.4, 0.5) is 0 Å². The van der Waals surface area contributed by atoms with Crippen molar-refractivity contribution in [3.05, 3.63) is 0 Å². The van der Waals surface area contributed by atoms with E-state index in [4.69, 9.17) is 9.46 Å². The van der Waals surface area contributed by atoms with Crippen LogP contribution in [-0.2, 0) is 4.57 Å². The summed E-state index contributed by atoms with van der Waals surface area (Å²) in [6, 6.07) is 0. The van der Waals surface area contributed by atoms with Gasteiger partial charge < -0.3 is 4.89 Å². The van der Waals surface area contributed by atoms with E-state index in [9.17, 15) is 0 Å². The minimum atomic E-state index is -0.833. The first-order chi connectivity index (χ1) is 3.33. The predicted molar refractivity (Wildman–Crippen MR) is 39.0 cm³/mol. The summed E-state index contributed by atoms with van der Waals surface area (Å²) in [5.74, 6) is 0. The van der Waals surface area contributed by atoms with E-state index in [-0.39, 0.29) is 37.7 Å². The van der Waals surface area contributed by atoms with Crippen molar-refractivity contribution < 1.29 is 9.46 Å². The van der Waals surface area contributed by atoms with Gasteiger partial charge in [0.15, 0.2) is 0 Å². The average molecular weight is 164 g/mol. The van der Waals surface area contributed by atoms with Gasteiger partial charge in [-0.15, -0.1) is 0 Å². The van der Waals surface area contributed by atoms with Crippen LogP contribution in [0.3, 0.4) is 0 Å². The summed E-state index contributed by atoms with van der Waals surface area (Å²) in [6.45, 7) is 4.36. The number of unbranched alkanes of at least 4 members (excludes halogenated alkanes) is 1. The van der Waals surface area contributed by atoms with E-state index >= 15 is 0 Å². The summed E-state index contributed by atoms with van der Waals surface area (Å²) in [5.41, 5.74) is 0. The van der Waals surface area contributed by atoms with Crippen molar-refractivity contribution in [1.29, 1.82) is 0 Å². The van der Waals surface area contributed by atoms with Crippen molar-refractivity contribution in [3.63, 3.8) is 0 Å². The first-order valence-electron chi connectivity index (χ1n) is 2.30.